The van der Waals surface area contributed by atoms with E-state index in [1.807, 2.05) is 37.3 Å². The molecule has 12 heavy (non-hydrogen) atoms. The van der Waals surface area contributed by atoms with Gasteiger partial charge in [-0.1, -0.05) is 18.2 Å². The Labute approximate surface area is 72.7 Å². The Bertz CT molecular complexity index is 292. The number of hydrogen-bond acceptors (Lipinski definition) is 2. The average Bonchev–Trinajstić information content (AvgIpc) is 2.09. The highest BCUT2D eigenvalue weighted by Crippen LogP contribution is 2.25. The van der Waals surface area contributed by atoms with Crippen LogP contribution in [0.25, 0.3) is 6.08 Å². The minimum absolute atomic E-state index is 0.743. The molecule has 2 nitrogen and oxygen atoms in total. The Morgan fingerprint density at radius 1 is 1.42 bits per heavy atom. The van der Waals surface area contributed by atoms with Crippen LogP contribution in [-0.2, 0) is 0 Å². The number of ether oxygens (including phenoxy) is 1. The van der Waals surface area contributed by atoms with Crippen molar-refractivity contribution in [1.29, 1.82) is 0 Å². The normalized spacial score (nSPS) is 10.5. The molecule has 1 aromatic rings. The Kier molecular flexibility index (Phi) is 2.75. The summed E-state index contributed by atoms with van der Waals surface area (Å²) in [4.78, 5) is 0. The van der Waals surface area contributed by atoms with Gasteiger partial charge in [-0.2, -0.15) is 0 Å². The summed E-state index contributed by atoms with van der Waals surface area (Å²) in [5, 5.41) is 0. The standard InChI is InChI=1S/C10H13NO/c1-3-5-8-9(11)6-4-7-10(8)12-2/h3-7H,11H2,1-2H3/b5-3+. The van der Waals surface area contributed by atoms with E-state index in [4.69, 9.17) is 10.5 Å². The maximum absolute atomic E-state index is 5.75. The molecule has 2 N–H and O–H groups in total. The highest BCUT2D eigenvalue weighted by atomic mass is 16.5. The second-order valence-electron chi connectivity index (χ2n) is 2.46. The number of hydrogen-bond donors (Lipinski definition) is 1. The summed E-state index contributed by atoms with van der Waals surface area (Å²) >= 11 is 0. The minimum atomic E-state index is 0.743. The molecule has 0 heterocycles. The van der Waals surface area contributed by atoms with Crippen molar-refractivity contribution in [1.82, 2.24) is 0 Å². The van der Waals surface area contributed by atoms with Crippen LogP contribution in [0, 0.1) is 0 Å². The lowest BCUT2D eigenvalue weighted by molar-refractivity contribution is 0.414. The predicted octanol–water partition coefficient (Wildman–Crippen LogP) is 2.31. The van der Waals surface area contributed by atoms with Crippen LogP contribution in [0.1, 0.15) is 12.5 Å². The van der Waals surface area contributed by atoms with E-state index in [0.29, 0.717) is 0 Å². The molecule has 2 heteroatoms. The van der Waals surface area contributed by atoms with Gasteiger partial charge >= 0.3 is 0 Å². The molecular weight excluding hydrogens is 150 g/mol. The Morgan fingerprint density at radius 2 is 2.17 bits per heavy atom. The summed E-state index contributed by atoms with van der Waals surface area (Å²) in [6, 6.07) is 5.63. The number of methoxy groups -OCH3 is 1. The van der Waals surface area contributed by atoms with Crippen molar-refractivity contribution in [3.63, 3.8) is 0 Å². The zero-order valence-electron chi connectivity index (χ0n) is 7.37. The maximum Gasteiger partial charge on any atom is 0.128 e. The van der Waals surface area contributed by atoms with E-state index >= 15 is 0 Å². The fourth-order valence-electron chi connectivity index (χ4n) is 1.08. The van der Waals surface area contributed by atoms with Crippen LogP contribution in [0.5, 0.6) is 5.75 Å². The van der Waals surface area contributed by atoms with Crippen LogP contribution in [-0.4, -0.2) is 7.11 Å². The lowest BCUT2D eigenvalue weighted by Gasteiger charge is -2.06. The molecule has 0 aliphatic heterocycles. The van der Waals surface area contributed by atoms with E-state index in [9.17, 15) is 0 Å². The van der Waals surface area contributed by atoms with Crippen LogP contribution in [0.2, 0.25) is 0 Å². The average molecular weight is 163 g/mol. The van der Waals surface area contributed by atoms with Crippen molar-refractivity contribution in [2.45, 2.75) is 6.92 Å². The highest BCUT2D eigenvalue weighted by molar-refractivity contribution is 5.70. The molecule has 0 unspecified atom stereocenters. The van der Waals surface area contributed by atoms with Gasteiger partial charge in [0.1, 0.15) is 5.75 Å². The SMILES string of the molecule is C/C=C/c1c(N)cccc1OC. The molecule has 64 valence electrons. The Balaban J connectivity index is 3.19. The van der Waals surface area contributed by atoms with E-state index < -0.39 is 0 Å². The molecule has 0 spiro atoms. The molecule has 0 amide bonds. The van der Waals surface area contributed by atoms with Gasteiger partial charge in [0.05, 0.1) is 7.11 Å². The van der Waals surface area contributed by atoms with Gasteiger partial charge in [0.2, 0.25) is 0 Å². The van der Waals surface area contributed by atoms with Gasteiger partial charge in [-0.05, 0) is 19.1 Å². The summed E-state index contributed by atoms with van der Waals surface area (Å²) in [6.45, 7) is 1.95. The van der Waals surface area contributed by atoms with Crippen LogP contribution in [0.3, 0.4) is 0 Å². The zero-order chi connectivity index (χ0) is 8.97. The van der Waals surface area contributed by atoms with Gasteiger partial charge in [-0.25, -0.2) is 0 Å². The lowest BCUT2D eigenvalue weighted by Crippen LogP contribution is -1.93. The van der Waals surface area contributed by atoms with E-state index in [-0.39, 0.29) is 0 Å². The van der Waals surface area contributed by atoms with Gasteiger partial charge in [0.25, 0.3) is 0 Å². The molecule has 0 aromatic heterocycles. The van der Waals surface area contributed by atoms with Crippen molar-refractivity contribution in [3.05, 3.63) is 29.8 Å². The molecule has 0 fully saturated rings. The second-order valence-corrected chi connectivity index (χ2v) is 2.46. The number of nitrogens with two attached hydrogens (primary N) is 1. The van der Waals surface area contributed by atoms with Crippen molar-refractivity contribution in [3.8, 4) is 5.75 Å². The number of allylic oxidation sites excluding steroid dienone is 1. The Morgan fingerprint density at radius 3 is 2.75 bits per heavy atom. The van der Waals surface area contributed by atoms with Gasteiger partial charge in [0.15, 0.2) is 0 Å². The summed E-state index contributed by atoms with van der Waals surface area (Å²) in [6.07, 6.45) is 3.88. The van der Waals surface area contributed by atoms with Crippen LogP contribution in [0.15, 0.2) is 24.3 Å². The van der Waals surface area contributed by atoms with Crippen LogP contribution in [0.4, 0.5) is 5.69 Å². The number of rotatable bonds is 2. The van der Waals surface area contributed by atoms with E-state index in [1.165, 1.54) is 0 Å². The van der Waals surface area contributed by atoms with Gasteiger partial charge in [-0.15, -0.1) is 0 Å². The third kappa shape index (κ3) is 1.59. The van der Waals surface area contributed by atoms with Crippen LogP contribution < -0.4 is 10.5 Å². The number of nitrogen functional groups attached to an aromatic ring is 1. The molecule has 0 radical (unpaired) electrons. The smallest absolute Gasteiger partial charge is 0.128 e. The van der Waals surface area contributed by atoms with Crippen LogP contribution >= 0.6 is 0 Å². The predicted molar refractivity (Wildman–Crippen MR) is 52.1 cm³/mol. The first kappa shape index (κ1) is 8.65. The molecule has 0 atom stereocenters. The summed E-state index contributed by atoms with van der Waals surface area (Å²) in [5.74, 6) is 0.813. The fourth-order valence-corrected chi connectivity index (χ4v) is 1.08. The quantitative estimate of drug-likeness (QED) is 0.679. The molecule has 0 saturated carbocycles. The summed E-state index contributed by atoms with van der Waals surface area (Å²) < 4.78 is 5.15. The van der Waals surface area contributed by atoms with E-state index in [1.54, 1.807) is 7.11 Å². The first-order valence-corrected chi connectivity index (χ1v) is 3.84. The van der Waals surface area contributed by atoms with Crippen molar-refractivity contribution in [2.75, 3.05) is 12.8 Å². The molecule has 1 aromatic carbocycles. The van der Waals surface area contributed by atoms with Gasteiger partial charge in [0, 0.05) is 11.3 Å². The minimum Gasteiger partial charge on any atom is -0.496 e. The second kappa shape index (κ2) is 3.81. The monoisotopic (exact) mass is 163 g/mol. The number of anilines is 1. The molecule has 1 rings (SSSR count). The van der Waals surface area contributed by atoms with Gasteiger partial charge in [-0.3, -0.25) is 0 Å². The topological polar surface area (TPSA) is 35.2 Å². The zero-order valence-corrected chi connectivity index (χ0v) is 7.37. The van der Waals surface area contributed by atoms with Crippen molar-refractivity contribution < 1.29 is 4.74 Å². The summed E-state index contributed by atoms with van der Waals surface area (Å²) in [7, 11) is 1.64. The Hall–Kier alpha value is -1.44. The third-order valence-electron chi connectivity index (χ3n) is 1.65. The third-order valence-corrected chi connectivity index (χ3v) is 1.65. The summed E-state index contributed by atoms with van der Waals surface area (Å²) in [5.41, 5.74) is 7.44. The molecule has 0 bridgehead atoms. The molecular formula is C10H13NO. The maximum atomic E-state index is 5.75. The fraction of sp³-hybridized carbons (Fsp3) is 0.200. The van der Waals surface area contributed by atoms with E-state index in [0.717, 1.165) is 17.0 Å². The number of benzene rings is 1. The molecule has 0 aliphatic carbocycles. The van der Waals surface area contributed by atoms with Crippen molar-refractivity contribution >= 4 is 11.8 Å². The first-order chi connectivity index (χ1) is 5.79. The van der Waals surface area contributed by atoms with Crippen molar-refractivity contribution in [2.24, 2.45) is 0 Å². The first-order valence-electron chi connectivity index (χ1n) is 3.84. The highest BCUT2D eigenvalue weighted by Gasteiger charge is 2.01. The lowest BCUT2D eigenvalue weighted by atomic mass is 10.1. The largest absolute Gasteiger partial charge is 0.496 e. The molecule has 0 saturated heterocycles. The van der Waals surface area contributed by atoms with E-state index in [2.05, 4.69) is 0 Å². The van der Waals surface area contributed by atoms with Gasteiger partial charge < -0.3 is 10.5 Å². The molecule has 0 aliphatic rings.